The van der Waals surface area contributed by atoms with Crippen LogP contribution in [0.15, 0.2) is 22.1 Å². The normalized spacial score (nSPS) is 16.4. The Bertz CT molecular complexity index is 505. The van der Waals surface area contributed by atoms with Gasteiger partial charge in [-0.05, 0) is 25.3 Å². The van der Waals surface area contributed by atoms with Crippen LogP contribution in [0.1, 0.15) is 25.0 Å². The summed E-state index contributed by atoms with van der Waals surface area (Å²) in [5, 5.41) is 17.4. The van der Waals surface area contributed by atoms with Crippen molar-refractivity contribution in [3.05, 3.63) is 23.5 Å². The van der Waals surface area contributed by atoms with E-state index in [9.17, 15) is 4.79 Å². The second kappa shape index (κ2) is 5.41. The number of nitriles is 1. The fourth-order valence-corrected chi connectivity index (χ4v) is 1.99. The summed E-state index contributed by atoms with van der Waals surface area (Å²) in [5.41, 5.74) is -0.324. The number of hydrogen-bond donors (Lipinski definition) is 1. The molecule has 2 rings (SSSR count). The number of anilines is 1. The van der Waals surface area contributed by atoms with E-state index in [1.807, 2.05) is 6.07 Å². The number of carbonyl (C=O) groups is 1. The van der Waals surface area contributed by atoms with Gasteiger partial charge in [-0.1, -0.05) is 0 Å². The van der Waals surface area contributed by atoms with Gasteiger partial charge in [-0.3, -0.25) is 0 Å². The molecule has 94 valence electrons. The van der Waals surface area contributed by atoms with Crippen molar-refractivity contribution in [1.82, 2.24) is 0 Å². The van der Waals surface area contributed by atoms with Crippen LogP contribution in [0.4, 0.5) is 5.88 Å². The fourth-order valence-electron chi connectivity index (χ4n) is 1.99. The van der Waals surface area contributed by atoms with Crippen molar-refractivity contribution in [2.75, 3.05) is 18.0 Å². The summed E-state index contributed by atoms with van der Waals surface area (Å²) in [6.45, 7) is 1.92. The Balaban J connectivity index is 2.15. The number of carboxylic acids is 1. The van der Waals surface area contributed by atoms with E-state index >= 15 is 0 Å². The maximum Gasteiger partial charge on any atom is 0.346 e. The van der Waals surface area contributed by atoms with Crippen LogP contribution in [0, 0.1) is 11.3 Å². The first-order valence-electron chi connectivity index (χ1n) is 5.90. The number of furan rings is 1. The first kappa shape index (κ1) is 12.2. The lowest BCUT2D eigenvalue weighted by molar-refractivity contribution is -0.132. The Labute approximate surface area is 105 Å². The van der Waals surface area contributed by atoms with Gasteiger partial charge in [0, 0.05) is 25.2 Å². The molecule has 1 N–H and O–H groups in total. The van der Waals surface area contributed by atoms with E-state index in [-0.39, 0.29) is 5.57 Å². The Morgan fingerprint density at radius 3 is 2.72 bits per heavy atom. The highest BCUT2D eigenvalue weighted by molar-refractivity contribution is 5.96. The van der Waals surface area contributed by atoms with Gasteiger partial charge in [0.25, 0.3) is 0 Å². The summed E-state index contributed by atoms with van der Waals surface area (Å²) >= 11 is 0. The minimum atomic E-state index is -1.24. The predicted molar refractivity (Wildman–Crippen MR) is 66.0 cm³/mol. The van der Waals surface area contributed by atoms with Gasteiger partial charge in [0.1, 0.15) is 17.4 Å². The SMILES string of the molecule is N#C/C(=C\c1ccc(N2CCCCC2)o1)C(=O)O. The Morgan fingerprint density at radius 1 is 1.39 bits per heavy atom. The van der Waals surface area contributed by atoms with Crippen molar-refractivity contribution in [1.29, 1.82) is 5.26 Å². The lowest BCUT2D eigenvalue weighted by Gasteiger charge is -2.25. The van der Waals surface area contributed by atoms with Crippen molar-refractivity contribution < 1.29 is 14.3 Å². The van der Waals surface area contributed by atoms with Crippen LogP contribution in [0.5, 0.6) is 0 Å². The molecule has 2 heterocycles. The van der Waals surface area contributed by atoms with Crippen molar-refractivity contribution in [2.24, 2.45) is 0 Å². The monoisotopic (exact) mass is 246 g/mol. The second-order valence-corrected chi connectivity index (χ2v) is 4.20. The van der Waals surface area contributed by atoms with Gasteiger partial charge >= 0.3 is 5.97 Å². The number of aliphatic carboxylic acids is 1. The van der Waals surface area contributed by atoms with Gasteiger partial charge < -0.3 is 14.4 Å². The molecule has 5 nitrogen and oxygen atoms in total. The van der Waals surface area contributed by atoms with Crippen LogP contribution in [0.3, 0.4) is 0 Å². The lowest BCUT2D eigenvalue weighted by Crippen LogP contribution is -2.28. The summed E-state index contributed by atoms with van der Waals surface area (Å²) in [6.07, 6.45) is 4.77. The smallest absolute Gasteiger partial charge is 0.346 e. The molecule has 1 fully saturated rings. The van der Waals surface area contributed by atoms with Crippen LogP contribution in [0.25, 0.3) is 6.08 Å². The van der Waals surface area contributed by atoms with Crippen molar-refractivity contribution in [2.45, 2.75) is 19.3 Å². The first-order valence-corrected chi connectivity index (χ1v) is 5.90. The molecule has 0 amide bonds. The maximum atomic E-state index is 10.7. The first-order chi connectivity index (χ1) is 8.70. The van der Waals surface area contributed by atoms with E-state index in [2.05, 4.69) is 4.90 Å². The molecule has 0 aliphatic carbocycles. The molecule has 5 heteroatoms. The molecule has 1 aromatic heterocycles. The zero-order valence-electron chi connectivity index (χ0n) is 9.93. The van der Waals surface area contributed by atoms with Gasteiger partial charge in [0.05, 0.1) is 0 Å². The summed E-state index contributed by atoms with van der Waals surface area (Å²) in [4.78, 5) is 12.8. The third-order valence-electron chi connectivity index (χ3n) is 2.92. The molecular formula is C13H14N2O3. The van der Waals surface area contributed by atoms with E-state index in [1.165, 1.54) is 12.5 Å². The summed E-state index contributed by atoms with van der Waals surface area (Å²) in [7, 11) is 0. The number of carboxylic acid groups (broad SMARTS) is 1. The van der Waals surface area contributed by atoms with Crippen molar-refractivity contribution in [3.63, 3.8) is 0 Å². The highest BCUT2D eigenvalue weighted by atomic mass is 16.4. The number of rotatable bonds is 3. The van der Waals surface area contributed by atoms with E-state index in [1.54, 1.807) is 12.1 Å². The number of piperidine rings is 1. The fraction of sp³-hybridized carbons (Fsp3) is 0.385. The predicted octanol–water partition coefficient (Wildman–Crippen LogP) is 2.26. The molecule has 0 atom stereocenters. The zero-order chi connectivity index (χ0) is 13.0. The van der Waals surface area contributed by atoms with Crippen LogP contribution >= 0.6 is 0 Å². The summed E-state index contributed by atoms with van der Waals surface area (Å²) in [5.74, 6) is -0.105. The van der Waals surface area contributed by atoms with Gasteiger partial charge in [-0.2, -0.15) is 5.26 Å². The molecule has 18 heavy (non-hydrogen) atoms. The molecule has 0 saturated carbocycles. The van der Waals surface area contributed by atoms with Crippen LogP contribution in [-0.2, 0) is 4.79 Å². The zero-order valence-corrected chi connectivity index (χ0v) is 9.93. The van der Waals surface area contributed by atoms with Gasteiger partial charge in [-0.25, -0.2) is 4.79 Å². The minimum absolute atomic E-state index is 0.324. The molecule has 0 aromatic carbocycles. The van der Waals surface area contributed by atoms with Gasteiger partial charge in [-0.15, -0.1) is 0 Å². The minimum Gasteiger partial charge on any atom is -0.477 e. The van der Waals surface area contributed by atoms with E-state index in [4.69, 9.17) is 14.8 Å². The lowest BCUT2D eigenvalue weighted by atomic mass is 10.1. The summed E-state index contributed by atoms with van der Waals surface area (Å²) < 4.78 is 5.54. The Morgan fingerprint density at radius 2 is 2.11 bits per heavy atom. The van der Waals surface area contributed by atoms with Crippen LogP contribution in [0.2, 0.25) is 0 Å². The van der Waals surface area contributed by atoms with E-state index < -0.39 is 5.97 Å². The average Bonchev–Trinajstić information content (AvgIpc) is 2.85. The largest absolute Gasteiger partial charge is 0.477 e. The van der Waals surface area contributed by atoms with Gasteiger partial charge in [0.2, 0.25) is 0 Å². The van der Waals surface area contributed by atoms with E-state index in [0.29, 0.717) is 5.76 Å². The third kappa shape index (κ3) is 2.72. The topological polar surface area (TPSA) is 77.5 Å². The number of hydrogen-bond acceptors (Lipinski definition) is 4. The molecule has 0 spiro atoms. The molecule has 1 aromatic rings. The average molecular weight is 246 g/mol. The molecule has 0 unspecified atom stereocenters. The molecule has 0 radical (unpaired) electrons. The summed E-state index contributed by atoms with van der Waals surface area (Å²) in [6, 6.07) is 5.12. The van der Waals surface area contributed by atoms with E-state index in [0.717, 1.165) is 31.8 Å². The third-order valence-corrected chi connectivity index (χ3v) is 2.92. The van der Waals surface area contributed by atoms with Crippen LogP contribution in [-0.4, -0.2) is 24.2 Å². The molecule has 1 saturated heterocycles. The maximum absolute atomic E-state index is 10.7. The quantitative estimate of drug-likeness (QED) is 0.653. The molecule has 0 bridgehead atoms. The molecular weight excluding hydrogens is 232 g/mol. The molecule has 1 aliphatic heterocycles. The van der Waals surface area contributed by atoms with Gasteiger partial charge in [0.15, 0.2) is 5.88 Å². The van der Waals surface area contributed by atoms with Crippen LogP contribution < -0.4 is 4.90 Å². The highest BCUT2D eigenvalue weighted by Gasteiger charge is 2.14. The second-order valence-electron chi connectivity index (χ2n) is 4.20. The number of nitrogens with zero attached hydrogens (tertiary/aromatic N) is 2. The Kier molecular flexibility index (Phi) is 3.68. The Hall–Kier alpha value is -2.22. The molecule has 1 aliphatic rings. The standard InChI is InChI=1S/C13H14N2O3/c14-9-10(13(16)17)8-11-4-5-12(18-11)15-6-2-1-3-7-15/h4-5,8H,1-3,6-7H2,(H,16,17)/b10-8+. The van der Waals surface area contributed by atoms with Crippen molar-refractivity contribution in [3.8, 4) is 6.07 Å². The van der Waals surface area contributed by atoms with Crippen molar-refractivity contribution >= 4 is 17.9 Å². The highest BCUT2D eigenvalue weighted by Crippen LogP contribution is 2.23.